The number of primary amides is 1. The number of rotatable bonds is 10. The number of unbranched alkanes of at least 4 members (excludes halogenated alkanes) is 1. The molecule has 9 heteroatoms. The monoisotopic (exact) mass is 447 g/mol. The largest absolute Gasteiger partial charge is 0.508 e. The topological polar surface area (TPSA) is 131 Å². The average molecular weight is 447 g/mol. The number of nitrogens with two attached hydrogens (primary N) is 1. The molecule has 3 amide bonds. The molecule has 0 saturated carbocycles. The Balaban J connectivity index is 1.28. The highest BCUT2D eigenvalue weighted by Gasteiger charge is 2.34. The molecule has 3 aromatic rings. The zero-order valence-corrected chi connectivity index (χ0v) is 18.1. The minimum absolute atomic E-state index is 0.189. The lowest BCUT2D eigenvalue weighted by atomic mass is 10.0. The van der Waals surface area contributed by atoms with Crippen molar-refractivity contribution in [3.05, 3.63) is 77.1 Å². The summed E-state index contributed by atoms with van der Waals surface area (Å²) in [6, 6.07) is 13.0. The molecule has 0 spiro atoms. The van der Waals surface area contributed by atoms with Crippen LogP contribution in [0.5, 0.6) is 5.75 Å². The highest BCUT2D eigenvalue weighted by atomic mass is 16.3. The van der Waals surface area contributed by atoms with Gasteiger partial charge in [-0.15, -0.1) is 5.10 Å². The van der Waals surface area contributed by atoms with E-state index in [4.69, 9.17) is 5.73 Å². The summed E-state index contributed by atoms with van der Waals surface area (Å²) >= 11 is 0. The van der Waals surface area contributed by atoms with E-state index >= 15 is 0 Å². The van der Waals surface area contributed by atoms with Crippen LogP contribution in [0.1, 0.15) is 57.3 Å². The molecule has 1 atom stereocenters. The summed E-state index contributed by atoms with van der Waals surface area (Å²) in [5.41, 5.74) is 8.19. The molecule has 1 aromatic heterocycles. The second kappa shape index (κ2) is 9.64. The minimum atomic E-state index is -0.626. The van der Waals surface area contributed by atoms with Crippen LogP contribution in [0, 0.1) is 0 Å². The molecule has 9 nitrogen and oxygen atoms in total. The maximum atomic E-state index is 12.4. The van der Waals surface area contributed by atoms with Gasteiger partial charge in [0.2, 0.25) is 5.91 Å². The van der Waals surface area contributed by atoms with E-state index in [1.165, 1.54) is 9.58 Å². The lowest BCUT2D eigenvalue weighted by Crippen LogP contribution is -2.30. The third-order valence-corrected chi connectivity index (χ3v) is 5.79. The SMILES string of the molecule is NC(=O)C(CCc1ccc(O)cc1)n1cc(CCCCN2C(=O)c3ccccc3C2=O)nn1. The van der Waals surface area contributed by atoms with Gasteiger partial charge in [0.15, 0.2) is 0 Å². The second-order valence-electron chi connectivity index (χ2n) is 8.08. The normalized spacial score (nSPS) is 13.9. The summed E-state index contributed by atoms with van der Waals surface area (Å²) in [6.07, 6.45) is 4.73. The first-order valence-electron chi connectivity index (χ1n) is 10.9. The Bertz CT molecular complexity index is 1140. The van der Waals surface area contributed by atoms with Crippen molar-refractivity contribution in [2.45, 2.75) is 38.1 Å². The quantitative estimate of drug-likeness (QED) is 0.362. The predicted octanol–water partition coefficient (Wildman–Crippen LogP) is 2.26. The van der Waals surface area contributed by atoms with Crippen molar-refractivity contribution in [1.82, 2.24) is 19.9 Å². The van der Waals surface area contributed by atoms with Gasteiger partial charge in [0, 0.05) is 12.7 Å². The molecule has 0 aliphatic carbocycles. The van der Waals surface area contributed by atoms with Gasteiger partial charge in [0.1, 0.15) is 11.8 Å². The van der Waals surface area contributed by atoms with Crippen LogP contribution in [0.25, 0.3) is 0 Å². The van der Waals surface area contributed by atoms with Gasteiger partial charge in [-0.05, 0) is 61.9 Å². The summed E-state index contributed by atoms with van der Waals surface area (Å²) in [5, 5.41) is 17.6. The van der Waals surface area contributed by atoms with Crippen LogP contribution in [0.4, 0.5) is 0 Å². The lowest BCUT2D eigenvalue weighted by molar-refractivity contribution is -0.121. The number of imide groups is 1. The van der Waals surface area contributed by atoms with Crippen LogP contribution >= 0.6 is 0 Å². The molecule has 0 bridgehead atoms. The van der Waals surface area contributed by atoms with E-state index in [9.17, 15) is 19.5 Å². The van der Waals surface area contributed by atoms with E-state index in [0.717, 1.165) is 5.56 Å². The Morgan fingerprint density at radius 3 is 2.27 bits per heavy atom. The third-order valence-electron chi connectivity index (χ3n) is 5.79. The molecule has 3 N–H and O–H groups in total. The number of carbonyl (C=O) groups excluding carboxylic acids is 3. The van der Waals surface area contributed by atoms with Crippen molar-refractivity contribution < 1.29 is 19.5 Å². The Morgan fingerprint density at radius 2 is 1.64 bits per heavy atom. The van der Waals surface area contributed by atoms with Crippen LogP contribution in [-0.4, -0.2) is 49.3 Å². The molecule has 4 rings (SSSR count). The van der Waals surface area contributed by atoms with Gasteiger partial charge < -0.3 is 10.8 Å². The van der Waals surface area contributed by atoms with Gasteiger partial charge in [-0.1, -0.05) is 29.5 Å². The summed E-state index contributed by atoms with van der Waals surface area (Å²) in [6.45, 7) is 0.344. The first kappa shape index (κ1) is 22.2. The van der Waals surface area contributed by atoms with E-state index in [1.54, 1.807) is 54.7 Å². The number of aryl methyl sites for hydroxylation is 2. The fraction of sp³-hybridized carbons (Fsp3) is 0.292. The Morgan fingerprint density at radius 1 is 0.970 bits per heavy atom. The van der Waals surface area contributed by atoms with E-state index in [1.807, 2.05) is 0 Å². The number of carbonyl (C=O) groups is 3. The van der Waals surface area contributed by atoms with Crippen LogP contribution in [-0.2, 0) is 17.6 Å². The van der Waals surface area contributed by atoms with E-state index in [2.05, 4.69) is 10.3 Å². The van der Waals surface area contributed by atoms with Crippen molar-refractivity contribution in [1.29, 1.82) is 0 Å². The van der Waals surface area contributed by atoms with Gasteiger partial charge in [-0.2, -0.15) is 0 Å². The zero-order chi connectivity index (χ0) is 23.4. The number of aromatic nitrogens is 3. The summed E-state index contributed by atoms with van der Waals surface area (Å²) in [7, 11) is 0. The maximum absolute atomic E-state index is 12.4. The van der Waals surface area contributed by atoms with Gasteiger partial charge >= 0.3 is 0 Å². The van der Waals surface area contributed by atoms with Gasteiger partial charge in [0.25, 0.3) is 11.8 Å². The molecule has 1 aliphatic rings. The fourth-order valence-corrected chi connectivity index (χ4v) is 3.97. The van der Waals surface area contributed by atoms with E-state index in [-0.39, 0.29) is 17.6 Å². The Kier molecular flexibility index (Phi) is 6.48. The van der Waals surface area contributed by atoms with Crippen LogP contribution in [0.15, 0.2) is 54.7 Å². The molecule has 1 unspecified atom stereocenters. The first-order valence-corrected chi connectivity index (χ1v) is 10.9. The number of aromatic hydroxyl groups is 1. The first-order chi connectivity index (χ1) is 15.9. The molecule has 2 aromatic carbocycles. The maximum Gasteiger partial charge on any atom is 0.261 e. The lowest BCUT2D eigenvalue weighted by Gasteiger charge is -2.13. The Labute approximate surface area is 190 Å². The molecule has 0 saturated heterocycles. The van der Waals surface area contributed by atoms with Crippen LogP contribution < -0.4 is 5.73 Å². The van der Waals surface area contributed by atoms with Crippen molar-refractivity contribution >= 4 is 17.7 Å². The second-order valence-corrected chi connectivity index (χ2v) is 8.08. The van der Waals surface area contributed by atoms with Crippen molar-refractivity contribution in [3.8, 4) is 5.75 Å². The predicted molar refractivity (Wildman–Crippen MR) is 119 cm³/mol. The highest BCUT2D eigenvalue weighted by molar-refractivity contribution is 6.21. The van der Waals surface area contributed by atoms with Gasteiger partial charge in [-0.3, -0.25) is 19.3 Å². The highest BCUT2D eigenvalue weighted by Crippen LogP contribution is 2.23. The Hall–Kier alpha value is -4.01. The van der Waals surface area contributed by atoms with Crippen molar-refractivity contribution in [2.75, 3.05) is 6.54 Å². The fourth-order valence-electron chi connectivity index (χ4n) is 3.97. The number of amides is 3. The van der Waals surface area contributed by atoms with Gasteiger partial charge in [-0.25, -0.2) is 4.68 Å². The number of phenolic OH excluding ortho intramolecular Hbond substituents is 1. The number of benzene rings is 2. The molecule has 2 heterocycles. The van der Waals surface area contributed by atoms with Crippen molar-refractivity contribution in [3.63, 3.8) is 0 Å². The average Bonchev–Trinajstić information content (AvgIpc) is 3.36. The summed E-state index contributed by atoms with van der Waals surface area (Å²) in [4.78, 5) is 38.1. The molecule has 0 fully saturated rings. The standard InChI is InChI=1S/C24H25N5O4/c25-22(31)21(13-10-16-8-11-18(30)12-9-16)29-15-17(26-27-29)5-3-4-14-28-23(32)19-6-1-2-7-20(19)24(28)33/h1-2,6-9,11-12,15,21,30H,3-5,10,13-14H2,(H2,25,31). The smallest absolute Gasteiger partial charge is 0.261 e. The molecule has 170 valence electrons. The summed E-state index contributed by atoms with van der Waals surface area (Å²) < 4.78 is 1.49. The molecule has 1 aliphatic heterocycles. The number of hydrogen-bond acceptors (Lipinski definition) is 6. The molecule has 33 heavy (non-hydrogen) atoms. The van der Waals surface area contributed by atoms with Crippen LogP contribution in [0.3, 0.4) is 0 Å². The third kappa shape index (κ3) is 4.92. The van der Waals surface area contributed by atoms with E-state index in [0.29, 0.717) is 55.5 Å². The summed E-state index contributed by atoms with van der Waals surface area (Å²) in [5.74, 6) is -0.802. The molecule has 0 radical (unpaired) electrons. The number of nitrogens with zero attached hydrogens (tertiary/aromatic N) is 4. The van der Waals surface area contributed by atoms with E-state index < -0.39 is 11.9 Å². The van der Waals surface area contributed by atoms with Gasteiger partial charge in [0.05, 0.1) is 16.8 Å². The number of fused-ring (bicyclic) bond motifs is 1. The molecular formula is C24H25N5O4. The zero-order valence-electron chi connectivity index (χ0n) is 18.1. The minimum Gasteiger partial charge on any atom is -0.508 e. The number of hydrogen-bond donors (Lipinski definition) is 2. The molecular weight excluding hydrogens is 422 g/mol. The van der Waals surface area contributed by atoms with Crippen molar-refractivity contribution in [2.24, 2.45) is 5.73 Å². The number of phenols is 1. The van der Waals surface area contributed by atoms with Crippen LogP contribution in [0.2, 0.25) is 0 Å².